The van der Waals surface area contributed by atoms with Crippen LogP contribution in [0.25, 0.3) is 0 Å². The van der Waals surface area contributed by atoms with Gasteiger partial charge in [-0.3, -0.25) is 0 Å². The number of nitriles is 1. The Morgan fingerprint density at radius 1 is 1.69 bits per heavy atom. The topological polar surface area (TPSA) is 100 Å². The number of hydrogen-bond donors (Lipinski definition) is 2. The van der Waals surface area contributed by atoms with Crippen molar-refractivity contribution in [3.63, 3.8) is 0 Å². The van der Waals surface area contributed by atoms with Crippen molar-refractivity contribution in [2.24, 2.45) is 5.73 Å². The zero-order valence-electron chi connectivity index (χ0n) is 7.94. The van der Waals surface area contributed by atoms with Crippen LogP contribution in [0.4, 0.5) is 8.78 Å². The smallest absolute Gasteiger partial charge is 0.338 e. The molecule has 0 unspecified atom stereocenters. The van der Waals surface area contributed by atoms with Crippen molar-refractivity contribution in [3.05, 3.63) is 28.6 Å². The van der Waals surface area contributed by atoms with Gasteiger partial charge in [0.05, 0.1) is 11.3 Å². The molecule has 0 amide bonds. The summed E-state index contributed by atoms with van der Waals surface area (Å²) in [7, 11) is 0. The molecule has 0 aliphatic heterocycles. The Morgan fingerprint density at radius 2 is 2.31 bits per heavy atom. The van der Waals surface area contributed by atoms with Crippen molar-refractivity contribution in [2.75, 3.05) is 0 Å². The maximum absolute atomic E-state index is 12.4. The lowest BCUT2D eigenvalue weighted by Crippen LogP contribution is -2.13. The predicted molar refractivity (Wildman–Crippen MR) is 48.8 cm³/mol. The van der Waals surface area contributed by atoms with E-state index in [4.69, 9.17) is 16.1 Å². The number of halogens is 2. The van der Waals surface area contributed by atoms with E-state index in [1.807, 2.05) is 0 Å². The van der Waals surface area contributed by atoms with Crippen LogP contribution in [0.2, 0.25) is 0 Å². The van der Waals surface area contributed by atoms with Crippen molar-refractivity contribution >= 4 is 5.97 Å². The molecule has 0 fully saturated rings. The van der Waals surface area contributed by atoms with Gasteiger partial charge in [-0.2, -0.15) is 5.26 Å². The maximum Gasteiger partial charge on any atom is 0.338 e. The molecule has 16 heavy (non-hydrogen) atoms. The summed E-state index contributed by atoms with van der Waals surface area (Å²) in [6, 6.07) is 2.29. The van der Waals surface area contributed by atoms with Crippen molar-refractivity contribution in [1.29, 1.82) is 5.26 Å². The van der Waals surface area contributed by atoms with Gasteiger partial charge in [-0.25, -0.2) is 18.6 Å². The average Bonchev–Trinajstić information content (AvgIpc) is 2.26. The first-order valence-corrected chi connectivity index (χ1v) is 4.16. The number of alkyl halides is 2. The van der Waals surface area contributed by atoms with Crippen LogP contribution in [-0.4, -0.2) is 16.1 Å². The number of pyridine rings is 1. The summed E-state index contributed by atoms with van der Waals surface area (Å²) >= 11 is 0. The summed E-state index contributed by atoms with van der Waals surface area (Å²) in [4.78, 5) is 14.2. The molecular weight excluding hydrogens is 220 g/mol. The monoisotopic (exact) mass is 227 g/mol. The van der Waals surface area contributed by atoms with Gasteiger partial charge in [-0.1, -0.05) is 0 Å². The van der Waals surface area contributed by atoms with E-state index in [1.165, 1.54) is 6.07 Å². The molecular formula is C9H7F2N3O2. The summed E-state index contributed by atoms with van der Waals surface area (Å²) < 4.78 is 24.7. The Labute approximate surface area is 89.1 Å². The van der Waals surface area contributed by atoms with Gasteiger partial charge in [-0.05, 0) is 6.07 Å². The van der Waals surface area contributed by atoms with Crippen LogP contribution in [0.3, 0.4) is 0 Å². The van der Waals surface area contributed by atoms with Crippen molar-refractivity contribution < 1.29 is 18.7 Å². The van der Waals surface area contributed by atoms with E-state index >= 15 is 0 Å². The van der Waals surface area contributed by atoms with Gasteiger partial charge in [0.1, 0.15) is 17.3 Å². The normalized spacial score (nSPS) is 10.2. The van der Waals surface area contributed by atoms with Gasteiger partial charge >= 0.3 is 5.97 Å². The Kier molecular flexibility index (Phi) is 3.48. The average molecular weight is 227 g/mol. The van der Waals surface area contributed by atoms with Crippen molar-refractivity contribution in [2.45, 2.75) is 13.0 Å². The van der Waals surface area contributed by atoms with E-state index in [0.29, 0.717) is 0 Å². The van der Waals surface area contributed by atoms with E-state index in [0.717, 1.165) is 6.07 Å². The molecule has 1 aromatic rings. The highest BCUT2D eigenvalue weighted by atomic mass is 19.3. The predicted octanol–water partition coefficient (Wildman–Crippen LogP) is 1.05. The summed E-state index contributed by atoms with van der Waals surface area (Å²) in [5, 5.41) is 17.5. The third kappa shape index (κ3) is 2.12. The molecule has 0 aliphatic rings. The second-order valence-corrected chi connectivity index (χ2v) is 2.84. The minimum atomic E-state index is -2.87. The summed E-state index contributed by atoms with van der Waals surface area (Å²) in [5.74, 6) is -1.41. The fraction of sp³-hybridized carbons (Fsp3) is 0.222. The molecule has 0 saturated carbocycles. The lowest BCUT2D eigenvalue weighted by atomic mass is 10.1. The van der Waals surface area contributed by atoms with E-state index in [-0.39, 0.29) is 17.8 Å². The first-order valence-electron chi connectivity index (χ1n) is 4.16. The molecule has 3 N–H and O–H groups in total. The number of hydrogen-bond acceptors (Lipinski definition) is 4. The standard InChI is InChI=1S/C9H7F2N3O2/c10-8(11)5-1-4(2-12)7(9(15)16)6(3-13)14-5/h1,8H,3,13H2,(H,15,16). The van der Waals surface area contributed by atoms with Gasteiger partial charge in [0.15, 0.2) is 0 Å². The lowest BCUT2D eigenvalue weighted by molar-refractivity contribution is 0.0694. The number of nitrogens with two attached hydrogens (primary N) is 1. The SMILES string of the molecule is N#Cc1cc(C(F)F)nc(CN)c1C(=O)O. The van der Waals surface area contributed by atoms with E-state index < -0.39 is 23.7 Å². The lowest BCUT2D eigenvalue weighted by Gasteiger charge is -2.07. The maximum atomic E-state index is 12.4. The Bertz CT molecular complexity index is 469. The van der Waals surface area contributed by atoms with Crippen LogP contribution < -0.4 is 5.73 Å². The quantitative estimate of drug-likeness (QED) is 0.803. The molecule has 0 aliphatic carbocycles. The molecule has 1 heterocycles. The van der Waals surface area contributed by atoms with Crippen LogP contribution in [0.1, 0.15) is 33.7 Å². The molecule has 1 rings (SSSR count). The molecule has 0 radical (unpaired) electrons. The third-order valence-corrected chi connectivity index (χ3v) is 1.87. The van der Waals surface area contributed by atoms with Crippen LogP contribution in [0.15, 0.2) is 6.07 Å². The molecule has 0 atom stereocenters. The van der Waals surface area contributed by atoms with Crippen LogP contribution in [0.5, 0.6) is 0 Å². The number of aromatic nitrogens is 1. The highest BCUT2D eigenvalue weighted by Crippen LogP contribution is 2.21. The van der Waals surface area contributed by atoms with Gasteiger partial charge in [0.2, 0.25) is 0 Å². The number of carboxylic acids is 1. The summed E-state index contributed by atoms with van der Waals surface area (Å²) in [5.41, 5.74) is 3.54. The highest BCUT2D eigenvalue weighted by molar-refractivity contribution is 5.91. The molecule has 7 heteroatoms. The van der Waals surface area contributed by atoms with Crippen LogP contribution in [-0.2, 0) is 6.54 Å². The number of carbonyl (C=O) groups is 1. The second kappa shape index (κ2) is 4.63. The Morgan fingerprint density at radius 3 is 2.69 bits per heavy atom. The minimum absolute atomic E-state index is 0.221. The number of aromatic carboxylic acids is 1. The first kappa shape index (κ1) is 12.0. The van der Waals surface area contributed by atoms with Gasteiger partial charge in [0.25, 0.3) is 6.43 Å². The van der Waals surface area contributed by atoms with E-state index in [1.54, 1.807) is 0 Å². The summed E-state index contributed by atoms with van der Waals surface area (Å²) in [6.45, 7) is -0.323. The van der Waals surface area contributed by atoms with E-state index in [2.05, 4.69) is 4.98 Å². The van der Waals surface area contributed by atoms with Crippen LogP contribution >= 0.6 is 0 Å². The van der Waals surface area contributed by atoms with Gasteiger partial charge < -0.3 is 10.8 Å². The number of rotatable bonds is 3. The zero-order valence-corrected chi connectivity index (χ0v) is 7.94. The number of carboxylic acid groups (broad SMARTS) is 1. The minimum Gasteiger partial charge on any atom is -0.478 e. The largest absolute Gasteiger partial charge is 0.478 e. The molecule has 0 aromatic carbocycles. The van der Waals surface area contributed by atoms with E-state index in [9.17, 15) is 13.6 Å². The van der Waals surface area contributed by atoms with Gasteiger partial charge in [-0.15, -0.1) is 0 Å². The Hall–Kier alpha value is -2.07. The second-order valence-electron chi connectivity index (χ2n) is 2.84. The van der Waals surface area contributed by atoms with Crippen molar-refractivity contribution in [1.82, 2.24) is 4.98 Å². The number of nitrogens with zero attached hydrogens (tertiary/aromatic N) is 2. The Balaban J connectivity index is 3.51. The molecule has 0 bridgehead atoms. The summed E-state index contributed by atoms with van der Waals surface area (Å²) in [6.07, 6.45) is -2.87. The molecule has 0 saturated heterocycles. The van der Waals surface area contributed by atoms with Gasteiger partial charge in [0, 0.05) is 6.54 Å². The fourth-order valence-corrected chi connectivity index (χ4v) is 1.21. The third-order valence-electron chi connectivity index (χ3n) is 1.87. The first-order chi connectivity index (χ1) is 7.51. The zero-order chi connectivity index (χ0) is 12.3. The molecule has 0 spiro atoms. The molecule has 5 nitrogen and oxygen atoms in total. The van der Waals surface area contributed by atoms with Crippen LogP contribution in [0, 0.1) is 11.3 Å². The highest BCUT2D eigenvalue weighted by Gasteiger charge is 2.20. The molecule has 1 aromatic heterocycles. The molecule has 84 valence electrons. The fourth-order valence-electron chi connectivity index (χ4n) is 1.21. The van der Waals surface area contributed by atoms with Crippen molar-refractivity contribution in [3.8, 4) is 6.07 Å².